The first-order valence-corrected chi connectivity index (χ1v) is 4.31. The molecule has 0 saturated heterocycles. The van der Waals surface area contributed by atoms with Gasteiger partial charge in [0.25, 0.3) is 0 Å². The molecular formula is C6H16CoN6O4-2. The van der Waals surface area contributed by atoms with Gasteiger partial charge >= 0.3 is 16.8 Å². The summed E-state index contributed by atoms with van der Waals surface area (Å²) in [5, 5.41) is 26.2. The van der Waals surface area contributed by atoms with E-state index in [-0.39, 0.29) is 16.8 Å². The molecular weight excluding hydrogens is 279 g/mol. The number of hydrogen-bond acceptors (Lipinski definition) is 8. The average molecular weight is 295 g/mol. The van der Waals surface area contributed by atoms with Crippen molar-refractivity contribution in [2.24, 2.45) is 22.1 Å². The Morgan fingerprint density at radius 3 is 1.24 bits per heavy atom. The molecule has 0 atom stereocenters. The molecule has 0 rings (SSSR count). The van der Waals surface area contributed by atoms with E-state index in [1.54, 1.807) is 0 Å². The first-order valence-electron chi connectivity index (χ1n) is 4.31. The quantitative estimate of drug-likeness (QED) is 0.382. The maximum atomic E-state index is 8.00. The zero-order chi connectivity index (χ0) is 13.1. The van der Waals surface area contributed by atoms with E-state index in [1.165, 1.54) is 0 Å². The number of hydrogen-bond donors (Lipinski definition) is 2. The number of rotatable bonds is 7. The van der Waals surface area contributed by atoms with Crippen LogP contribution in [-0.2, 0) is 16.8 Å². The van der Waals surface area contributed by atoms with Crippen molar-refractivity contribution in [1.82, 2.24) is 0 Å². The van der Waals surface area contributed by atoms with Gasteiger partial charge < -0.3 is 42.3 Å². The van der Waals surface area contributed by atoms with Gasteiger partial charge in [0.2, 0.25) is 0 Å². The summed E-state index contributed by atoms with van der Waals surface area (Å²) >= 11 is 0. The van der Waals surface area contributed by atoms with E-state index in [0.29, 0.717) is 13.1 Å². The monoisotopic (exact) mass is 295 g/mol. The summed E-state index contributed by atoms with van der Waals surface area (Å²) in [6.45, 7) is 4.35. The normalized spacial score (nSPS) is 7.41. The van der Waals surface area contributed by atoms with Gasteiger partial charge in [0.1, 0.15) is 0 Å². The van der Waals surface area contributed by atoms with E-state index in [0.717, 1.165) is 36.9 Å². The second kappa shape index (κ2) is 36.2. The molecule has 4 N–H and O–H groups in total. The van der Waals surface area contributed by atoms with Crippen LogP contribution in [0, 0.1) is 20.2 Å². The molecule has 0 aliphatic heterocycles. The van der Waals surface area contributed by atoms with Crippen LogP contribution in [0.15, 0.2) is 10.7 Å². The van der Waals surface area contributed by atoms with Gasteiger partial charge in [0, 0.05) is 0 Å². The molecule has 11 heteroatoms. The molecule has 0 fully saturated rings. The summed E-state index contributed by atoms with van der Waals surface area (Å²) in [6.07, 6.45) is 0. The van der Waals surface area contributed by atoms with E-state index >= 15 is 0 Å². The van der Waals surface area contributed by atoms with Crippen LogP contribution in [0.2, 0.25) is 0 Å². The molecule has 0 aromatic carbocycles. The van der Waals surface area contributed by atoms with Crippen LogP contribution < -0.4 is 11.5 Å². The van der Waals surface area contributed by atoms with Crippen LogP contribution >= 0.6 is 0 Å². The Bertz CT molecular complexity index is 119. The van der Waals surface area contributed by atoms with Gasteiger partial charge in [-0.3, -0.25) is 0 Å². The van der Waals surface area contributed by atoms with Gasteiger partial charge in [-0.2, -0.15) is 13.1 Å². The van der Waals surface area contributed by atoms with E-state index in [2.05, 4.69) is 10.6 Å². The van der Waals surface area contributed by atoms with Crippen molar-refractivity contribution in [1.29, 1.82) is 0 Å². The predicted molar refractivity (Wildman–Crippen MR) is 62.6 cm³/mol. The molecule has 0 aromatic rings. The number of nitrogens with two attached hydrogens (primary N) is 2. The molecule has 0 unspecified atom stereocenters. The first-order chi connectivity index (χ1) is 7.74. The summed E-state index contributed by atoms with van der Waals surface area (Å²) in [6, 6.07) is 0. The largest absolute Gasteiger partial charge is 2.00 e. The summed E-state index contributed by atoms with van der Waals surface area (Å²) in [4.78, 5) is 16.0. The Hall–Kier alpha value is -0.854. The van der Waals surface area contributed by atoms with Crippen molar-refractivity contribution in [3.8, 4) is 0 Å². The van der Waals surface area contributed by atoms with Crippen LogP contribution in [0.3, 0.4) is 0 Å². The molecule has 1 radical (unpaired) electrons. The van der Waals surface area contributed by atoms with E-state index in [1.807, 2.05) is 0 Å². The SMILES string of the molecule is NCC[N-]CC[N-]CCN.O=N[O-].O=N[O-].[Co+2]. The molecule has 0 saturated carbocycles. The summed E-state index contributed by atoms with van der Waals surface area (Å²) in [5.74, 6) is 0. The molecule has 0 aliphatic rings. The third kappa shape index (κ3) is 69.3. The van der Waals surface area contributed by atoms with Crippen LogP contribution in [-0.4, -0.2) is 39.3 Å². The van der Waals surface area contributed by atoms with E-state index < -0.39 is 0 Å². The molecule has 10 nitrogen and oxygen atoms in total. The van der Waals surface area contributed by atoms with Crippen molar-refractivity contribution in [3.63, 3.8) is 0 Å². The Morgan fingerprint density at radius 1 is 0.824 bits per heavy atom. The Kier molecular flexibility index (Phi) is 53.5. The van der Waals surface area contributed by atoms with E-state index in [4.69, 9.17) is 31.7 Å². The number of nitrogens with zero attached hydrogens (tertiary/aromatic N) is 4. The maximum absolute atomic E-state index is 8.00. The molecule has 0 heterocycles. The molecule has 0 amide bonds. The fraction of sp³-hybridized carbons (Fsp3) is 1.00. The van der Waals surface area contributed by atoms with Crippen molar-refractivity contribution in [2.75, 3.05) is 39.3 Å². The van der Waals surface area contributed by atoms with Gasteiger partial charge in [-0.25, -0.2) is 0 Å². The van der Waals surface area contributed by atoms with Crippen molar-refractivity contribution >= 4 is 0 Å². The van der Waals surface area contributed by atoms with Crippen molar-refractivity contribution in [3.05, 3.63) is 30.9 Å². The average Bonchev–Trinajstić information content (AvgIpc) is 2.26. The molecule has 0 spiro atoms. The maximum Gasteiger partial charge on any atom is 2.00 e. The third-order valence-corrected chi connectivity index (χ3v) is 0.991. The van der Waals surface area contributed by atoms with Gasteiger partial charge in [-0.05, 0) is 13.1 Å². The topological polar surface area (TPSA) is 185 Å². The third-order valence-electron chi connectivity index (χ3n) is 0.991. The molecule has 0 aromatic heterocycles. The molecule has 105 valence electrons. The van der Waals surface area contributed by atoms with Gasteiger partial charge in [-0.1, -0.05) is 0 Å². The van der Waals surface area contributed by atoms with E-state index in [9.17, 15) is 0 Å². The van der Waals surface area contributed by atoms with Gasteiger partial charge in [0.15, 0.2) is 0 Å². The second-order valence-electron chi connectivity index (χ2n) is 2.07. The molecule has 17 heavy (non-hydrogen) atoms. The van der Waals surface area contributed by atoms with Gasteiger partial charge in [0.05, 0.1) is 0 Å². The zero-order valence-corrected chi connectivity index (χ0v) is 10.2. The Balaban J connectivity index is -0.000000102. The fourth-order valence-electron chi connectivity index (χ4n) is 0.548. The minimum Gasteiger partial charge on any atom is -0.663 e. The van der Waals surface area contributed by atoms with Crippen LogP contribution in [0.5, 0.6) is 0 Å². The zero-order valence-electron chi connectivity index (χ0n) is 9.15. The Morgan fingerprint density at radius 2 is 1.06 bits per heavy atom. The first kappa shape index (κ1) is 25.1. The minimum absolute atomic E-state index is 0. The molecule has 0 bridgehead atoms. The van der Waals surface area contributed by atoms with Gasteiger partial charge in [-0.15, -0.1) is 23.8 Å². The molecule has 0 aliphatic carbocycles. The van der Waals surface area contributed by atoms with Crippen molar-refractivity contribution < 1.29 is 16.8 Å². The Labute approximate surface area is 110 Å². The minimum atomic E-state index is 0. The van der Waals surface area contributed by atoms with Crippen LogP contribution in [0.4, 0.5) is 0 Å². The standard InChI is InChI=1S/C6H16N4.Co.2HNO2/c7-1-3-9-5-6-10-4-2-8;;2*2-1-3/h1-8H2;;2*(H,2,3)/q-2;+2;;/p-2. The second-order valence-corrected chi connectivity index (χ2v) is 2.07. The van der Waals surface area contributed by atoms with Crippen LogP contribution in [0.25, 0.3) is 10.6 Å². The summed E-state index contributed by atoms with van der Waals surface area (Å²) in [7, 11) is 0. The predicted octanol–water partition coefficient (Wildman–Crippen LogP) is 0.150. The fourth-order valence-corrected chi connectivity index (χ4v) is 0.548. The summed E-state index contributed by atoms with van der Waals surface area (Å²) in [5.41, 5.74) is 10.5. The summed E-state index contributed by atoms with van der Waals surface area (Å²) < 4.78 is 0. The van der Waals surface area contributed by atoms with Crippen molar-refractivity contribution in [2.45, 2.75) is 0 Å². The smallest absolute Gasteiger partial charge is 0.663 e. The van der Waals surface area contributed by atoms with Crippen LogP contribution in [0.1, 0.15) is 0 Å².